The molecule has 3 heterocycles. The number of imidazole rings is 1. The van der Waals surface area contributed by atoms with Crippen LogP contribution in [0.2, 0.25) is 0 Å². The van der Waals surface area contributed by atoms with Crippen molar-refractivity contribution in [3.63, 3.8) is 0 Å². The number of hydrogen-bond acceptors (Lipinski definition) is 4. The first-order valence-electron chi connectivity index (χ1n) is 8.42. The average Bonchev–Trinajstić information content (AvgIpc) is 3.33. The first-order chi connectivity index (χ1) is 13.6. The molecule has 0 saturated carbocycles. The lowest BCUT2D eigenvalue weighted by molar-refractivity contribution is 0.0945. The molecule has 0 aliphatic carbocycles. The predicted molar refractivity (Wildman–Crippen MR) is 99.8 cm³/mol. The van der Waals surface area contributed by atoms with E-state index in [1.54, 1.807) is 24.4 Å². The zero-order chi connectivity index (χ0) is 19.5. The Morgan fingerprint density at radius 1 is 1.11 bits per heavy atom. The van der Waals surface area contributed by atoms with Gasteiger partial charge in [0, 0.05) is 17.8 Å². The van der Waals surface area contributed by atoms with Gasteiger partial charge in [0.25, 0.3) is 11.5 Å². The fraction of sp³-hybridized carbons (Fsp3) is 0.0526. The Balaban J connectivity index is 1.65. The maximum atomic E-state index is 13.7. The number of pyridine rings is 1. The van der Waals surface area contributed by atoms with Crippen LogP contribution >= 0.6 is 0 Å². The standard InChI is InChI=1S/C19H15FN6O2/c20-12-5-3-4-11(8-12)17-18(13-6-1-2-7-21-13)24-15(23-17)10-22-19(28)14-9-16(27)26-25-14/h1-9H,10H2,(H,22,28)(H,23,24)(H2,25,26,27). The van der Waals surface area contributed by atoms with Crippen LogP contribution in [-0.4, -0.2) is 31.1 Å². The van der Waals surface area contributed by atoms with Gasteiger partial charge in [0.05, 0.1) is 23.6 Å². The summed E-state index contributed by atoms with van der Waals surface area (Å²) in [5.41, 5.74) is 2.09. The lowest BCUT2D eigenvalue weighted by atomic mass is 10.1. The molecule has 0 spiro atoms. The number of amides is 1. The van der Waals surface area contributed by atoms with E-state index in [1.807, 2.05) is 12.1 Å². The van der Waals surface area contributed by atoms with Crippen LogP contribution in [-0.2, 0) is 6.54 Å². The third-order valence-corrected chi connectivity index (χ3v) is 4.03. The van der Waals surface area contributed by atoms with E-state index in [2.05, 4.69) is 30.5 Å². The van der Waals surface area contributed by atoms with Gasteiger partial charge >= 0.3 is 0 Å². The average molecular weight is 378 g/mol. The van der Waals surface area contributed by atoms with E-state index in [-0.39, 0.29) is 18.1 Å². The molecule has 0 bridgehead atoms. The monoisotopic (exact) mass is 378 g/mol. The topological polar surface area (TPSA) is 119 Å². The first-order valence-corrected chi connectivity index (χ1v) is 8.42. The Morgan fingerprint density at radius 3 is 2.71 bits per heavy atom. The van der Waals surface area contributed by atoms with Crippen molar-refractivity contribution in [2.75, 3.05) is 0 Å². The normalized spacial score (nSPS) is 10.8. The zero-order valence-corrected chi connectivity index (χ0v) is 14.5. The second-order valence-electron chi connectivity index (χ2n) is 5.99. The van der Waals surface area contributed by atoms with Crippen LogP contribution < -0.4 is 10.9 Å². The largest absolute Gasteiger partial charge is 0.343 e. The van der Waals surface area contributed by atoms with Gasteiger partial charge in [-0.25, -0.2) is 9.37 Å². The number of nitrogens with one attached hydrogen (secondary N) is 4. The summed E-state index contributed by atoms with van der Waals surface area (Å²) in [6.07, 6.45) is 1.65. The van der Waals surface area contributed by atoms with Crippen LogP contribution in [0.1, 0.15) is 16.3 Å². The van der Waals surface area contributed by atoms with Crippen molar-refractivity contribution in [3.05, 3.63) is 82.4 Å². The summed E-state index contributed by atoms with van der Waals surface area (Å²) in [7, 11) is 0. The molecular formula is C19H15FN6O2. The van der Waals surface area contributed by atoms with E-state index in [0.717, 1.165) is 6.07 Å². The van der Waals surface area contributed by atoms with Gasteiger partial charge in [-0.3, -0.25) is 24.8 Å². The number of halogens is 1. The predicted octanol–water partition coefficient (Wildman–Crippen LogP) is 2.22. The Morgan fingerprint density at radius 2 is 2.00 bits per heavy atom. The minimum Gasteiger partial charge on any atom is -0.343 e. The molecule has 3 aromatic heterocycles. The van der Waals surface area contributed by atoms with Crippen LogP contribution in [0, 0.1) is 5.82 Å². The van der Waals surface area contributed by atoms with Gasteiger partial charge in [0.15, 0.2) is 0 Å². The van der Waals surface area contributed by atoms with Crippen molar-refractivity contribution in [1.82, 2.24) is 30.5 Å². The van der Waals surface area contributed by atoms with Crippen LogP contribution in [0.5, 0.6) is 0 Å². The summed E-state index contributed by atoms with van der Waals surface area (Å²) < 4.78 is 13.7. The minimum absolute atomic E-state index is 0.0845. The molecule has 0 aliphatic rings. The van der Waals surface area contributed by atoms with Gasteiger partial charge < -0.3 is 10.3 Å². The van der Waals surface area contributed by atoms with Crippen LogP contribution in [0.3, 0.4) is 0 Å². The molecule has 4 N–H and O–H groups in total. The molecule has 9 heteroatoms. The summed E-state index contributed by atoms with van der Waals surface area (Å²) in [6, 6.07) is 12.7. The number of aromatic nitrogens is 5. The smallest absolute Gasteiger partial charge is 0.269 e. The van der Waals surface area contributed by atoms with Gasteiger partial charge in [-0.1, -0.05) is 18.2 Å². The van der Waals surface area contributed by atoms with Crippen LogP contribution in [0.25, 0.3) is 22.6 Å². The molecule has 0 unspecified atom stereocenters. The molecule has 4 aromatic rings. The number of hydrogen-bond donors (Lipinski definition) is 4. The van der Waals surface area contributed by atoms with E-state index in [4.69, 9.17) is 0 Å². The highest BCUT2D eigenvalue weighted by Crippen LogP contribution is 2.29. The number of nitrogens with zero attached hydrogens (tertiary/aromatic N) is 2. The van der Waals surface area contributed by atoms with Gasteiger partial charge in [-0.2, -0.15) is 0 Å². The highest BCUT2D eigenvalue weighted by atomic mass is 19.1. The van der Waals surface area contributed by atoms with Crippen molar-refractivity contribution in [2.24, 2.45) is 0 Å². The number of benzene rings is 1. The molecule has 1 amide bonds. The first kappa shape index (κ1) is 17.4. The molecule has 4 rings (SSSR count). The van der Waals surface area contributed by atoms with Gasteiger partial charge in [0.2, 0.25) is 0 Å². The van der Waals surface area contributed by atoms with E-state index < -0.39 is 11.5 Å². The maximum Gasteiger partial charge on any atom is 0.269 e. The Labute approximate surface area is 157 Å². The number of aromatic amines is 3. The molecule has 140 valence electrons. The molecule has 8 nitrogen and oxygen atoms in total. The van der Waals surface area contributed by atoms with E-state index in [0.29, 0.717) is 28.5 Å². The SMILES string of the molecule is O=C(NCc1nc(-c2cccc(F)c2)c(-c2ccccn2)[nH]1)c1cc(=O)[nH][nH]1. The molecule has 0 radical (unpaired) electrons. The van der Waals surface area contributed by atoms with Crippen molar-refractivity contribution < 1.29 is 9.18 Å². The summed E-state index contributed by atoms with van der Waals surface area (Å²) >= 11 is 0. The lowest BCUT2D eigenvalue weighted by Gasteiger charge is -2.02. The fourth-order valence-corrected chi connectivity index (χ4v) is 2.76. The number of H-pyrrole nitrogens is 3. The highest BCUT2D eigenvalue weighted by molar-refractivity contribution is 5.92. The lowest BCUT2D eigenvalue weighted by Crippen LogP contribution is -2.23. The van der Waals surface area contributed by atoms with Crippen molar-refractivity contribution in [2.45, 2.75) is 6.54 Å². The number of rotatable bonds is 5. The fourth-order valence-electron chi connectivity index (χ4n) is 2.76. The van der Waals surface area contributed by atoms with E-state index in [9.17, 15) is 14.0 Å². The third-order valence-electron chi connectivity index (χ3n) is 4.03. The van der Waals surface area contributed by atoms with Crippen LogP contribution in [0.15, 0.2) is 59.5 Å². The summed E-state index contributed by atoms with van der Waals surface area (Å²) in [5, 5.41) is 7.45. The Hall–Kier alpha value is -4.01. The maximum absolute atomic E-state index is 13.7. The summed E-state index contributed by atoms with van der Waals surface area (Å²) in [6.45, 7) is 0.0845. The van der Waals surface area contributed by atoms with E-state index in [1.165, 1.54) is 12.1 Å². The minimum atomic E-state index is -0.457. The number of carbonyl (C=O) groups is 1. The molecule has 1 aromatic carbocycles. The molecular weight excluding hydrogens is 363 g/mol. The third kappa shape index (κ3) is 3.58. The summed E-state index contributed by atoms with van der Waals surface area (Å²) in [5.74, 6) is -0.369. The van der Waals surface area contributed by atoms with Gasteiger partial charge in [-0.15, -0.1) is 0 Å². The Bertz CT molecular complexity index is 1180. The molecule has 0 saturated heterocycles. The van der Waals surface area contributed by atoms with Crippen LogP contribution in [0.4, 0.5) is 4.39 Å². The van der Waals surface area contributed by atoms with E-state index >= 15 is 0 Å². The van der Waals surface area contributed by atoms with Gasteiger partial charge in [0.1, 0.15) is 17.3 Å². The quantitative estimate of drug-likeness (QED) is 0.426. The zero-order valence-electron chi connectivity index (χ0n) is 14.5. The molecule has 0 aliphatic heterocycles. The second-order valence-corrected chi connectivity index (χ2v) is 5.99. The number of carbonyl (C=O) groups excluding carboxylic acids is 1. The summed E-state index contributed by atoms with van der Waals surface area (Å²) in [4.78, 5) is 35.2. The van der Waals surface area contributed by atoms with Crippen molar-refractivity contribution >= 4 is 5.91 Å². The molecule has 0 atom stereocenters. The van der Waals surface area contributed by atoms with Gasteiger partial charge in [-0.05, 0) is 24.3 Å². The van der Waals surface area contributed by atoms with Crippen molar-refractivity contribution in [3.8, 4) is 22.6 Å². The molecule has 0 fully saturated rings. The second kappa shape index (κ2) is 7.31. The molecule has 28 heavy (non-hydrogen) atoms. The van der Waals surface area contributed by atoms with Crippen molar-refractivity contribution in [1.29, 1.82) is 0 Å². The Kier molecular flexibility index (Phi) is 4.55. The highest BCUT2D eigenvalue weighted by Gasteiger charge is 2.16.